The third kappa shape index (κ3) is 2.45. The lowest BCUT2D eigenvalue weighted by atomic mass is 9.75. The smallest absolute Gasteiger partial charge is 0.0661 e. The zero-order valence-electron chi connectivity index (χ0n) is 12.4. The number of nitrogens with two attached hydrogens (primary N) is 1. The largest absolute Gasteiger partial charge is 0.383 e. The number of likely N-dealkylation sites (tertiary alicyclic amines) is 1. The van der Waals surface area contributed by atoms with Gasteiger partial charge in [-0.3, -0.25) is 4.90 Å². The molecule has 0 amide bonds. The topological polar surface area (TPSA) is 38.5 Å². The van der Waals surface area contributed by atoms with Crippen LogP contribution in [0.5, 0.6) is 0 Å². The Kier molecular flexibility index (Phi) is 4.16. The number of fused-ring (bicyclic) bond motifs is 1. The minimum Gasteiger partial charge on any atom is -0.383 e. The molecule has 0 spiro atoms. The Labute approximate surface area is 117 Å². The summed E-state index contributed by atoms with van der Waals surface area (Å²) in [7, 11) is 1.84. The fourth-order valence-corrected chi connectivity index (χ4v) is 4.83. The quantitative estimate of drug-likeness (QED) is 0.830. The Balaban J connectivity index is 1.83. The van der Waals surface area contributed by atoms with Gasteiger partial charge in [0.1, 0.15) is 0 Å². The van der Waals surface area contributed by atoms with Crippen LogP contribution in [-0.4, -0.2) is 43.3 Å². The highest BCUT2D eigenvalue weighted by Gasteiger charge is 2.52. The lowest BCUT2D eigenvalue weighted by Gasteiger charge is -2.54. The van der Waals surface area contributed by atoms with Crippen LogP contribution in [0, 0.1) is 11.8 Å². The van der Waals surface area contributed by atoms with Gasteiger partial charge in [-0.2, -0.15) is 0 Å². The Morgan fingerprint density at radius 2 is 1.84 bits per heavy atom. The molecule has 0 bridgehead atoms. The summed E-state index contributed by atoms with van der Waals surface area (Å²) in [5, 5.41) is 0. The van der Waals surface area contributed by atoms with E-state index in [2.05, 4.69) is 4.90 Å². The van der Waals surface area contributed by atoms with Crippen molar-refractivity contribution in [3.05, 3.63) is 0 Å². The lowest BCUT2D eigenvalue weighted by Crippen LogP contribution is -2.65. The fourth-order valence-electron chi connectivity index (χ4n) is 4.83. The molecule has 0 radical (unpaired) electrons. The van der Waals surface area contributed by atoms with E-state index in [1.54, 1.807) is 0 Å². The third-order valence-corrected chi connectivity index (χ3v) is 5.90. The molecule has 3 aliphatic rings. The summed E-state index contributed by atoms with van der Waals surface area (Å²) in [6, 6.07) is 0.793. The van der Waals surface area contributed by atoms with Gasteiger partial charge in [-0.1, -0.05) is 12.8 Å². The number of methoxy groups -OCH3 is 1. The van der Waals surface area contributed by atoms with Crippen LogP contribution in [0.1, 0.15) is 51.4 Å². The first kappa shape index (κ1) is 13.8. The van der Waals surface area contributed by atoms with Crippen molar-refractivity contribution in [2.45, 2.75) is 62.9 Å². The molecule has 19 heavy (non-hydrogen) atoms. The van der Waals surface area contributed by atoms with Gasteiger partial charge in [-0.05, 0) is 56.9 Å². The molecule has 1 aliphatic heterocycles. The first-order chi connectivity index (χ1) is 9.31. The maximum Gasteiger partial charge on any atom is 0.0661 e. The molecular formula is C16H30N2O. The molecule has 3 fully saturated rings. The zero-order valence-corrected chi connectivity index (χ0v) is 12.4. The molecule has 2 aliphatic carbocycles. The van der Waals surface area contributed by atoms with Gasteiger partial charge in [0.15, 0.2) is 0 Å². The molecular weight excluding hydrogens is 236 g/mol. The normalized spacial score (nSPS) is 35.7. The number of hydrogen-bond donors (Lipinski definition) is 1. The summed E-state index contributed by atoms with van der Waals surface area (Å²) in [5.74, 6) is 1.72. The van der Waals surface area contributed by atoms with Crippen molar-refractivity contribution in [1.29, 1.82) is 0 Å². The van der Waals surface area contributed by atoms with Crippen LogP contribution in [0.15, 0.2) is 0 Å². The summed E-state index contributed by atoms with van der Waals surface area (Å²) in [6.45, 7) is 2.85. The maximum absolute atomic E-state index is 6.27. The van der Waals surface area contributed by atoms with E-state index in [1.165, 1.54) is 57.9 Å². The van der Waals surface area contributed by atoms with Crippen LogP contribution in [-0.2, 0) is 4.74 Å². The molecule has 0 aromatic carbocycles. The highest BCUT2D eigenvalue weighted by molar-refractivity contribution is 5.07. The van der Waals surface area contributed by atoms with Gasteiger partial charge in [-0.25, -0.2) is 0 Å². The van der Waals surface area contributed by atoms with Gasteiger partial charge in [0.2, 0.25) is 0 Å². The minimum absolute atomic E-state index is 0.148. The van der Waals surface area contributed by atoms with Crippen molar-refractivity contribution < 1.29 is 4.74 Å². The van der Waals surface area contributed by atoms with Gasteiger partial charge in [-0.15, -0.1) is 0 Å². The summed E-state index contributed by atoms with van der Waals surface area (Å²) < 4.78 is 5.61. The average Bonchev–Trinajstić information content (AvgIpc) is 3.29. The third-order valence-electron chi connectivity index (χ3n) is 5.90. The molecule has 110 valence electrons. The molecule has 2 N–H and O–H groups in total. The average molecular weight is 266 g/mol. The molecule has 3 atom stereocenters. The molecule has 1 unspecified atom stereocenters. The van der Waals surface area contributed by atoms with Gasteiger partial charge in [0.25, 0.3) is 0 Å². The number of ether oxygens (including phenoxy) is 1. The lowest BCUT2D eigenvalue weighted by molar-refractivity contribution is -0.0699. The number of nitrogens with zero attached hydrogens (tertiary/aromatic N) is 1. The van der Waals surface area contributed by atoms with Crippen molar-refractivity contribution in [2.24, 2.45) is 17.6 Å². The van der Waals surface area contributed by atoms with Gasteiger partial charge >= 0.3 is 0 Å². The molecule has 3 nitrogen and oxygen atoms in total. The van der Waals surface area contributed by atoms with Crippen molar-refractivity contribution in [2.75, 3.05) is 26.8 Å². The molecule has 0 aromatic rings. The van der Waals surface area contributed by atoms with E-state index in [4.69, 9.17) is 10.5 Å². The van der Waals surface area contributed by atoms with E-state index in [1.807, 2.05) is 7.11 Å². The van der Waals surface area contributed by atoms with Crippen molar-refractivity contribution in [3.8, 4) is 0 Å². The monoisotopic (exact) mass is 266 g/mol. The molecule has 3 rings (SSSR count). The molecule has 2 saturated carbocycles. The van der Waals surface area contributed by atoms with Crippen molar-refractivity contribution in [3.63, 3.8) is 0 Å². The zero-order chi connectivity index (χ0) is 13.3. The van der Waals surface area contributed by atoms with Crippen molar-refractivity contribution in [1.82, 2.24) is 4.90 Å². The van der Waals surface area contributed by atoms with Gasteiger partial charge in [0, 0.05) is 19.7 Å². The molecule has 1 saturated heterocycles. The van der Waals surface area contributed by atoms with Crippen LogP contribution in [0.2, 0.25) is 0 Å². The predicted molar refractivity (Wildman–Crippen MR) is 78.1 cm³/mol. The Morgan fingerprint density at radius 1 is 1.11 bits per heavy atom. The summed E-state index contributed by atoms with van der Waals surface area (Å²) in [6.07, 6.45) is 11.2. The van der Waals surface area contributed by atoms with Crippen LogP contribution in [0.25, 0.3) is 0 Å². The Morgan fingerprint density at radius 3 is 2.53 bits per heavy atom. The minimum atomic E-state index is 0.148. The van der Waals surface area contributed by atoms with E-state index in [0.29, 0.717) is 0 Å². The van der Waals surface area contributed by atoms with Gasteiger partial charge in [0.05, 0.1) is 12.1 Å². The predicted octanol–water partition coefficient (Wildman–Crippen LogP) is 2.39. The second kappa shape index (κ2) is 5.71. The SMILES string of the molecule is COCC(CN)(C1CC1)N1CCC[C@H]2CCCC[C@H]21. The van der Waals surface area contributed by atoms with E-state index in [-0.39, 0.29) is 5.54 Å². The molecule has 3 heteroatoms. The first-order valence-electron chi connectivity index (χ1n) is 8.27. The first-order valence-corrected chi connectivity index (χ1v) is 8.27. The van der Waals surface area contributed by atoms with Crippen LogP contribution >= 0.6 is 0 Å². The second-order valence-corrected chi connectivity index (χ2v) is 6.96. The van der Waals surface area contributed by atoms with E-state index < -0.39 is 0 Å². The van der Waals surface area contributed by atoms with E-state index in [9.17, 15) is 0 Å². The van der Waals surface area contributed by atoms with Gasteiger partial charge < -0.3 is 10.5 Å². The van der Waals surface area contributed by atoms with E-state index in [0.717, 1.165) is 31.0 Å². The standard InChI is InChI=1S/C16H30N2O/c1-19-12-16(11-17,14-8-9-14)18-10-4-6-13-5-2-3-7-15(13)18/h13-15H,2-12,17H2,1H3/t13-,15-,16?/m1/s1. The van der Waals surface area contributed by atoms with Crippen molar-refractivity contribution >= 4 is 0 Å². The molecule has 0 aromatic heterocycles. The summed E-state index contributed by atoms with van der Waals surface area (Å²) >= 11 is 0. The summed E-state index contributed by atoms with van der Waals surface area (Å²) in [5.41, 5.74) is 6.41. The summed E-state index contributed by atoms with van der Waals surface area (Å²) in [4.78, 5) is 2.81. The number of piperidine rings is 1. The fraction of sp³-hybridized carbons (Fsp3) is 1.00. The number of rotatable bonds is 5. The Bertz CT molecular complexity index is 303. The Hall–Kier alpha value is -0.120. The highest BCUT2D eigenvalue weighted by atomic mass is 16.5. The molecule has 1 heterocycles. The van der Waals surface area contributed by atoms with Crippen LogP contribution < -0.4 is 5.73 Å². The van der Waals surface area contributed by atoms with E-state index >= 15 is 0 Å². The van der Waals surface area contributed by atoms with Crippen LogP contribution in [0.3, 0.4) is 0 Å². The number of hydrogen-bond acceptors (Lipinski definition) is 3. The highest BCUT2D eigenvalue weighted by Crippen LogP contribution is 2.47. The van der Waals surface area contributed by atoms with Crippen LogP contribution in [0.4, 0.5) is 0 Å². The maximum atomic E-state index is 6.27. The second-order valence-electron chi connectivity index (χ2n) is 6.96.